The van der Waals surface area contributed by atoms with Crippen molar-refractivity contribution in [3.8, 4) is 0 Å². The first-order chi connectivity index (χ1) is 15.5. The normalized spacial score (nSPS) is 10.7. The lowest BCUT2D eigenvalue weighted by Gasteiger charge is -2.27. The van der Waals surface area contributed by atoms with Crippen molar-refractivity contribution in [3.05, 3.63) is 94.4 Å². The van der Waals surface area contributed by atoms with Crippen molar-refractivity contribution < 1.29 is 14.0 Å². The molecular formula is C26H29ClN2O3. The van der Waals surface area contributed by atoms with Crippen LogP contribution in [0.1, 0.15) is 40.8 Å². The molecule has 0 spiro atoms. The number of carbonyl (C=O) groups is 2. The minimum absolute atomic E-state index is 0.0176. The fourth-order valence-electron chi connectivity index (χ4n) is 3.52. The molecule has 3 aromatic rings. The zero-order valence-electron chi connectivity index (χ0n) is 18.6. The summed E-state index contributed by atoms with van der Waals surface area (Å²) in [5, 5.41) is 0.570. The van der Waals surface area contributed by atoms with Crippen LogP contribution in [0.4, 0.5) is 0 Å². The Kier molecular flexibility index (Phi) is 8.51. The fraction of sp³-hybridized carbons (Fsp3) is 0.308. The minimum Gasteiger partial charge on any atom is -0.464 e. The lowest BCUT2D eigenvalue weighted by Crippen LogP contribution is -2.43. The van der Waals surface area contributed by atoms with E-state index in [1.54, 1.807) is 34.1 Å². The van der Waals surface area contributed by atoms with Crippen molar-refractivity contribution in [3.63, 3.8) is 0 Å². The maximum Gasteiger partial charge on any atom is 0.254 e. The van der Waals surface area contributed by atoms with Gasteiger partial charge in [-0.25, -0.2) is 0 Å². The molecule has 0 atom stereocenters. The second-order valence-electron chi connectivity index (χ2n) is 7.80. The monoisotopic (exact) mass is 452 g/mol. The predicted molar refractivity (Wildman–Crippen MR) is 127 cm³/mol. The summed E-state index contributed by atoms with van der Waals surface area (Å²) in [6.45, 7) is 5.30. The Morgan fingerprint density at radius 1 is 0.906 bits per heavy atom. The molecule has 2 amide bonds. The first-order valence-corrected chi connectivity index (χ1v) is 11.3. The van der Waals surface area contributed by atoms with Crippen LogP contribution in [-0.4, -0.2) is 41.2 Å². The number of benzene rings is 2. The van der Waals surface area contributed by atoms with E-state index in [4.69, 9.17) is 16.0 Å². The Morgan fingerprint density at radius 2 is 1.62 bits per heavy atom. The van der Waals surface area contributed by atoms with Gasteiger partial charge in [-0.1, -0.05) is 48.9 Å². The molecule has 0 bridgehead atoms. The molecule has 2 aromatic carbocycles. The largest absolute Gasteiger partial charge is 0.464 e. The molecule has 1 heterocycles. The number of carbonyl (C=O) groups excluding carboxylic acids is 2. The van der Waals surface area contributed by atoms with Crippen molar-refractivity contribution in [2.45, 2.75) is 33.2 Å². The van der Waals surface area contributed by atoms with Crippen LogP contribution in [0.15, 0.2) is 71.1 Å². The molecule has 0 radical (unpaired) electrons. The molecule has 6 heteroatoms. The van der Waals surface area contributed by atoms with E-state index in [1.165, 1.54) is 0 Å². The predicted octanol–water partition coefficient (Wildman–Crippen LogP) is 5.37. The van der Waals surface area contributed by atoms with Crippen LogP contribution in [-0.2, 0) is 17.8 Å². The number of amides is 2. The third kappa shape index (κ3) is 6.72. The zero-order valence-corrected chi connectivity index (χ0v) is 19.3. The average Bonchev–Trinajstić information content (AvgIpc) is 3.21. The smallest absolute Gasteiger partial charge is 0.254 e. The van der Waals surface area contributed by atoms with Gasteiger partial charge in [-0.3, -0.25) is 9.59 Å². The molecule has 1 aromatic heterocycles. The summed E-state index contributed by atoms with van der Waals surface area (Å²) in [6, 6.07) is 20.6. The van der Waals surface area contributed by atoms with Crippen molar-refractivity contribution in [1.29, 1.82) is 0 Å². The molecule has 0 N–H and O–H groups in total. The van der Waals surface area contributed by atoms with Gasteiger partial charge in [0.05, 0.1) is 6.54 Å². The average molecular weight is 453 g/mol. The maximum absolute atomic E-state index is 13.3. The van der Waals surface area contributed by atoms with E-state index >= 15 is 0 Å². The van der Waals surface area contributed by atoms with Gasteiger partial charge in [0.15, 0.2) is 0 Å². The molecule has 0 unspecified atom stereocenters. The molecule has 168 valence electrons. The van der Waals surface area contributed by atoms with E-state index in [1.807, 2.05) is 56.3 Å². The molecule has 0 fully saturated rings. The summed E-state index contributed by atoms with van der Waals surface area (Å²) in [6.07, 6.45) is 1.49. The number of rotatable bonds is 10. The van der Waals surface area contributed by atoms with Crippen LogP contribution in [0.5, 0.6) is 0 Å². The first kappa shape index (κ1) is 23.6. The molecule has 32 heavy (non-hydrogen) atoms. The van der Waals surface area contributed by atoms with Gasteiger partial charge in [-0.05, 0) is 61.7 Å². The highest BCUT2D eigenvalue weighted by Crippen LogP contribution is 2.14. The number of hydrogen-bond acceptors (Lipinski definition) is 3. The number of nitrogens with zero attached hydrogens (tertiary/aromatic N) is 2. The Balaban J connectivity index is 1.74. The van der Waals surface area contributed by atoms with Gasteiger partial charge in [0.25, 0.3) is 5.91 Å². The van der Waals surface area contributed by atoms with Gasteiger partial charge >= 0.3 is 0 Å². The number of hydrogen-bond donors (Lipinski definition) is 0. The van der Waals surface area contributed by atoms with Crippen LogP contribution in [0.2, 0.25) is 5.02 Å². The zero-order chi connectivity index (χ0) is 22.9. The van der Waals surface area contributed by atoms with E-state index in [0.29, 0.717) is 30.2 Å². The standard InChI is InChI=1S/C26H29ClN2O3/c1-3-16-29(26(31)22-10-12-23(27)13-11-22)19-25(30)28(18-24-14-9-20(2)32-24)17-15-21-7-5-4-6-8-21/h4-14H,3,15-19H2,1-2H3. The second-order valence-corrected chi connectivity index (χ2v) is 8.23. The van der Waals surface area contributed by atoms with E-state index in [9.17, 15) is 9.59 Å². The van der Waals surface area contributed by atoms with Gasteiger partial charge in [-0.15, -0.1) is 0 Å². The number of halogens is 1. The number of furan rings is 1. The molecule has 0 aliphatic rings. The van der Waals surface area contributed by atoms with Crippen LogP contribution in [0, 0.1) is 6.92 Å². The molecular weight excluding hydrogens is 424 g/mol. The number of aryl methyl sites for hydroxylation is 1. The van der Waals surface area contributed by atoms with Crippen LogP contribution in [0.3, 0.4) is 0 Å². The Morgan fingerprint density at radius 3 is 2.25 bits per heavy atom. The topological polar surface area (TPSA) is 53.8 Å². The molecule has 0 aliphatic heterocycles. The van der Waals surface area contributed by atoms with Crippen LogP contribution < -0.4 is 0 Å². The van der Waals surface area contributed by atoms with Crippen LogP contribution >= 0.6 is 11.6 Å². The second kappa shape index (κ2) is 11.5. The van der Waals surface area contributed by atoms with Crippen molar-refractivity contribution >= 4 is 23.4 Å². The summed E-state index contributed by atoms with van der Waals surface area (Å²) in [4.78, 5) is 29.7. The Bertz CT molecular complexity index is 1020. The maximum atomic E-state index is 13.3. The first-order valence-electron chi connectivity index (χ1n) is 10.9. The van der Waals surface area contributed by atoms with Crippen LogP contribution in [0.25, 0.3) is 0 Å². The fourth-order valence-corrected chi connectivity index (χ4v) is 3.65. The van der Waals surface area contributed by atoms with Crippen molar-refractivity contribution in [2.75, 3.05) is 19.6 Å². The summed E-state index contributed by atoms with van der Waals surface area (Å²) in [5.74, 6) is 1.26. The minimum atomic E-state index is -0.172. The molecule has 5 nitrogen and oxygen atoms in total. The highest BCUT2D eigenvalue weighted by Gasteiger charge is 2.23. The van der Waals surface area contributed by atoms with Crippen molar-refractivity contribution in [2.24, 2.45) is 0 Å². The van der Waals surface area contributed by atoms with Gasteiger partial charge < -0.3 is 14.2 Å². The van der Waals surface area contributed by atoms with E-state index < -0.39 is 0 Å². The van der Waals surface area contributed by atoms with Gasteiger partial charge in [0.2, 0.25) is 5.91 Å². The van der Waals surface area contributed by atoms with E-state index in [-0.39, 0.29) is 18.4 Å². The SMILES string of the molecule is CCCN(CC(=O)N(CCc1ccccc1)Cc1ccc(C)o1)C(=O)c1ccc(Cl)cc1. The summed E-state index contributed by atoms with van der Waals surface area (Å²) >= 11 is 5.95. The van der Waals surface area contributed by atoms with E-state index in [2.05, 4.69) is 0 Å². The van der Waals surface area contributed by atoms with Gasteiger partial charge in [0, 0.05) is 23.7 Å². The molecule has 3 rings (SSSR count). The molecule has 0 aliphatic carbocycles. The third-order valence-electron chi connectivity index (χ3n) is 5.21. The van der Waals surface area contributed by atoms with Gasteiger partial charge in [0.1, 0.15) is 18.1 Å². The van der Waals surface area contributed by atoms with Gasteiger partial charge in [-0.2, -0.15) is 0 Å². The lowest BCUT2D eigenvalue weighted by molar-refractivity contribution is -0.132. The van der Waals surface area contributed by atoms with Crippen molar-refractivity contribution in [1.82, 2.24) is 9.80 Å². The molecule has 0 saturated carbocycles. The summed E-state index contributed by atoms with van der Waals surface area (Å²) in [5.41, 5.74) is 1.68. The third-order valence-corrected chi connectivity index (χ3v) is 5.46. The van der Waals surface area contributed by atoms with E-state index in [0.717, 1.165) is 29.9 Å². The highest BCUT2D eigenvalue weighted by molar-refractivity contribution is 6.30. The summed E-state index contributed by atoms with van der Waals surface area (Å²) < 4.78 is 5.71. The quantitative estimate of drug-likeness (QED) is 0.415. The lowest BCUT2D eigenvalue weighted by atomic mass is 10.1. The summed E-state index contributed by atoms with van der Waals surface area (Å²) in [7, 11) is 0. The highest BCUT2D eigenvalue weighted by atomic mass is 35.5. The molecule has 0 saturated heterocycles. The Hall–Kier alpha value is -3.05. The Labute approximate surface area is 194 Å².